The van der Waals surface area contributed by atoms with Gasteiger partial charge in [-0.2, -0.15) is 0 Å². The van der Waals surface area contributed by atoms with Crippen molar-refractivity contribution >= 4 is 111 Å². The molecule has 0 saturated heterocycles. The van der Waals surface area contributed by atoms with E-state index in [1.54, 1.807) is 12.1 Å². The molecule has 2 heterocycles. The van der Waals surface area contributed by atoms with Crippen LogP contribution in [0.3, 0.4) is 0 Å². The Bertz CT molecular complexity index is 2630. The molecular weight excluding hydrogens is 801 g/mol. The first-order valence-corrected chi connectivity index (χ1v) is 21.8. The van der Waals surface area contributed by atoms with Crippen LogP contribution in [-0.4, -0.2) is 56.5 Å². The van der Waals surface area contributed by atoms with Crippen LogP contribution in [0.15, 0.2) is 82.8 Å². The van der Waals surface area contributed by atoms with E-state index in [4.69, 9.17) is 19.4 Å². The first-order chi connectivity index (χ1) is 29.2. The maximum Gasteiger partial charge on any atom is 0.340 e. The van der Waals surface area contributed by atoms with Crippen molar-refractivity contribution in [2.24, 2.45) is 33.7 Å². The number of thiazole rings is 2. The van der Waals surface area contributed by atoms with E-state index >= 15 is 0 Å². The van der Waals surface area contributed by atoms with Crippen LogP contribution < -0.4 is 0 Å². The number of aliphatic imine (C=N–C) groups is 2. The number of carbonyl (C=O) groups excluding carboxylic acids is 6. The number of benzene rings is 4. The van der Waals surface area contributed by atoms with E-state index in [2.05, 4.69) is 9.98 Å². The topological polar surface area (TPSA) is 171 Å². The van der Waals surface area contributed by atoms with Gasteiger partial charge < -0.3 is 9.47 Å². The van der Waals surface area contributed by atoms with Crippen molar-refractivity contribution in [2.75, 3.05) is 0 Å². The number of carbonyl (C=O) groups is 6. The van der Waals surface area contributed by atoms with Crippen molar-refractivity contribution in [3.63, 3.8) is 0 Å². The molecule has 6 aromatic rings. The molecule has 4 saturated carbocycles. The van der Waals surface area contributed by atoms with Crippen molar-refractivity contribution in [1.29, 1.82) is 0 Å². The van der Waals surface area contributed by atoms with Crippen LogP contribution in [0.5, 0.6) is 0 Å². The highest BCUT2D eigenvalue weighted by molar-refractivity contribution is 7.24. The molecule has 0 bridgehead atoms. The Morgan fingerprint density at radius 3 is 1.25 bits per heavy atom. The summed E-state index contributed by atoms with van der Waals surface area (Å²) >= 11 is 2.17. The molecule has 0 spiro atoms. The molecule has 4 atom stereocenters. The number of rotatable bonds is 8. The van der Waals surface area contributed by atoms with Crippen molar-refractivity contribution in [3.05, 3.63) is 95.1 Å². The van der Waals surface area contributed by atoms with Crippen molar-refractivity contribution in [2.45, 2.75) is 64.6 Å². The lowest BCUT2D eigenvalue weighted by Crippen LogP contribution is -2.21. The molecule has 14 heteroatoms. The fourth-order valence-corrected chi connectivity index (χ4v) is 11.2. The molecule has 12 nitrogen and oxygen atoms in total. The summed E-state index contributed by atoms with van der Waals surface area (Å²) in [5.74, 6) is -4.01. The van der Waals surface area contributed by atoms with Gasteiger partial charge in [0, 0.05) is 34.4 Å². The summed E-state index contributed by atoms with van der Waals surface area (Å²) in [7, 11) is 0. The minimum absolute atomic E-state index is 0.0157. The average Bonchev–Trinajstić information content (AvgIpc) is 4.03. The van der Waals surface area contributed by atoms with Crippen LogP contribution in [0, 0.1) is 23.7 Å². The van der Waals surface area contributed by atoms with E-state index in [1.807, 2.05) is 60.7 Å². The largest absolute Gasteiger partial charge is 0.457 e. The number of Topliss-reactive ketones (excluding diaryl/α,β-unsaturated/α-hetero) is 4. The maximum atomic E-state index is 14.1. The Morgan fingerprint density at radius 2 is 0.900 bits per heavy atom. The number of hydrogen-bond acceptors (Lipinski definition) is 14. The highest BCUT2D eigenvalue weighted by Crippen LogP contribution is 2.45. The fourth-order valence-electron chi connectivity index (χ4n) is 9.19. The summed E-state index contributed by atoms with van der Waals surface area (Å²) in [4.78, 5) is 101. The van der Waals surface area contributed by atoms with Gasteiger partial charge in [0.25, 0.3) is 0 Å². The molecule has 2 aromatic heterocycles. The zero-order chi connectivity index (χ0) is 41.1. The number of aromatic nitrogens is 2. The lowest BCUT2D eigenvalue weighted by molar-refractivity contribution is -0.120. The zero-order valence-corrected chi connectivity index (χ0v) is 33.8. The standard InChI is InChI=1S/C46H36N4O8S2/c51-37-25-15-7-8-16-26(25)38(52)35(37)49-45-47-33-31(43(55)57-21-23-11-3-1-4-12-23)19-29-30(41(33)59-45)20-32(44(56)58-22-24-13-5-2-6-14-24)34-42(29)60-46(48-34)50-36-39(53)27-17-9-10-18-28(27)40(36)54/h1-6,11-14,19-20,25-28H,7-10,15-18,21-22H2. The minimum atomic E-state index is -0.677. The lowest BCUT2D eigenvalue weighted by Gasteiger charge is -2.20. The van der Waals surface area contributed by atoms with E-state index < -0.39 is 11.9 Å². The third-order valence-corrected chi connectivity index (χ3v) is 14.2. The number of ketones is 4. The second-order valence-electron chi connectivity index (χ2n) is 15.8. The Balaban J connectivity index is 1.15. The number of hydrogen-bond donors (Lipinski definition) is 0. The molecule has 0 aliphatic heterocycles. The minimum Gasteiger partial charge on any atom is -0.457 e. The quantitative estimate of drug-likeness (QED) is 0.135. The second kappa shape index (κ2) is 15.5. The fraction of sp³-hybridized carbons (Fsp3) is 0.304. The zero-order valence-electron chi connectivity index (χ0n) is 32.2. The van der Waals surface area contributed by atoms with Crippen LogP contribution >= 0.6 is 22.7 Å². The second-order valence-corrected chi connectivity index (χ2v) is 17.7. The normalized spacial score (nSPS) is 21.5. The van der Waals surface area contributed by atoms with E-state index in [0.29, 0.717) is 45.9 Å². The Morgan fingerprint density at radius 1 is 0.550 bits per heavy atom. The van der Waals surface area contributed by atoms with E-state index in [0.717, 1.165) is 59.5 Å². The first-order valence-electron chi connectivity index (χ1n) is 20.2. The van der Waals surface area contributed by atoms with Crippen LogP contribution in [-0.2, 0) is 41.9 Å². The third kappa shape index (κ3) is 6.67. The van der Waals surface area contributed by atoms with Gasteiger partial charge in [-0.3, -0.25) is 19.2 Å². The van der Waals surface area contributed by atoms with E-state index in [-0.39, 0.29) is 104 Å². The summed E-state index contributed by atoms with van der Waals surface area (Å²) < 4.78 is 12.6. The van der Waals surface area contributed by atoms with Gasteiger partial charge in [-0.1, -0.05) is 109 Å². The predicted molar refractivity (Wildman–Crippen MR) is 227 cm³/mol. The summed E-state index contributed by atoms with van der Waals surface area (Å²) in [5.41, 5.74) is 1.93. The molecule has 0 amide bonds. The molecule has 300 valence electrons. The predicted octanol–water partition coefficient (Wildman–Crippen LogP) is 8.83. The van der Waals surface area contributed by atoms with Gasteiger partial charge >= 0.3 is 11.9 Å². The van der Waals surface area contributed by atoms with Crippen molar-refractivity contribution in [1.82, 2.24) is 9.97 Å². The van der Waals surface area contributed by atoms with Crippen LogP contribution in [0.2, 0.25) is 0 Å². The molecular formula is C46H36N4O8S2. The van der Waals surface area contributed by atoms with Gasteiger partial charge in [-0.05, 0) is 48.9 Å². The maximum absolute atomic E-state index is 14.1. The van der Waals surface area contributed by atoms with Gasteiger partial charge in [0.15, 0.2) is 34.6 Å². The summed E-state index contributed by atoms with van der Waals surface area (Å²) in [6.07, 6.45) is 6.06. The number of esters is 2. The number of fused-ring (bicyclic) bond motifs is 7. The van der Waals surface area contributed by atoms with Gasteiger partial charge in [0.1, 0.15) is 13.2 Å². The molecule has 4 aliphatic carbocycles. The summed E-state index contributed by atoms with van der Waals surface area (Å²) in [5, 5.41) is 1.23. The van der Waals surface area contributed by atoms with Gasteiger partial charge in [-0.15, -0.1) is 0 Å². The molecule has 4 fully saturated rings. The molecule has 4 aromatic carbocycles. The van der Waals surface area contributed by atoms with Gasteiger partial charge in [-0.25, -0.2) is 29.5 Å². The van der Waals surface area contributed by atoms with Crippen LogP contribution in [0.1, 0.15) is 83.2 Å². The van der Waals surface area contributed by atoms with Crippen molar-refractivity contribution < 1.29 is 38.2 Å². The van der Waals surface area contributed by atoms with E-state index in [1.165, 1.54) is 0 Å². The highest BCUT2D eigenvalue weighted by atomic mass is 32.1. The first kappa shape index (κ1) is 38.1. The monoisotopic (exact) mass is 836 g/mol. The van der Waals surface area contributed by atoms with E-state index in [9.17, 15) is 28.8 Å². The Hall–Kier alpha value is -6.12. The summed E-state index contributed by atoms with van der Waals surface area (Å²) in [6.45, 7) is -0.0315. The summed E-state index contributed by atoms with van der Waals surface area (Å²) in [6, 6.07) is 21.7. The number of nitrogens with zero attached hydrogens (tertiary/aromatic N) is 4. The smallest absolute Gasteiger partial charge is 0.340 e. The number of ether oxygens (including phenoxy) is 2. The van der Waals surface area contributed by atoms with Crippen LogP contribution in [0.25, 0.3) is 31.2 Å². The Kier molecular flexibility index (Phi) is 9.83. The SMILES string of the molecule is O=C(OCc1ccccc1)c1cc2c(cc(C(=O)OCc3ccccc3)c3nc(N=C4C(=O)C5CCCCC5C4=O)sc32)c2sc(N=C3C(=O)C4CCCCC4C3=O)nc12. The molecule has 60 heavy (non-hydrogen) atoms. The molecule has 0 radical (unpaired) electrons. The molecule has 10 rings (SSSR count). The third-order valence-electron chi connectivity index (χ3n) is 12.2. The molecule has 0 N–H and O–H groups in total. The van der Waals surface area contributed by atoms with Crippen molar-refractivity contribution in [3.8, 4) is 0 Å². The van der Waals surface area contributed by atoms with Crippen LogP contribution in [0.4, 0.5) is 10.3 Å². The van der Waals surface area contributed by atoms with Gasteiger partial charge in [0.05, 0.1) is 31.6 Å². The molecule has 4 unspecified atom stereocenters. The highest BCUT2D eigenvalue weighted by Gasteiger charge is 2.49. The molecule has 4 aliphatic rings. The Labute approximate surface area is 350 Å². The lowest BCUT2D eigenvalue weighted by atomic mass is 9.81. The van der Waals surface area contributed by atoms with Gasteiger partial charge in [0.2, 0.25) is 10.3 Å². The average molecular weight is 837 g/mol.